The predicted molar refractivity (Wildman–Crippen MR) is 106 cm³/mol. The van der Waals surface area contributed by atoms with Gasteiger partial charge in [-0.25, -0.2) is 4.98 Å². The van der Waals surface area contributed by atoms with E-state index in [4.69, 9.17) is 4.74 Å². The number of nitrogens with one attached hydrogen (secondary N) is 1. The van der Waals surface area contributed by atoms with Gasteiger partial charge >= 0.3 is 0 Å². The molecule has 0 spiro atoms. The van der Waals surface area contributed by atoms with Crippen molar-refractivity contribution < 1.29 is 9.53 Å². The number of fused-ring (bicyclic) bond motifs is 1. The summed E-state index contributed by atoms with van der Waals surface area (Å²) in [7, 11) is 0. The lowest BCUT2D eigenvalue weighted by molar-refractivity contribution is 0.0959. The van der Waals surface area contributed by atoms with Crippen LogP contribution in [0.2, 0.25) is 0 Å². The van der Waals surface area contributed by atoms with E-state index in [9.17, 15) is 4.79 Å². The number of nitrogens with zero attached hydrogens (tertiary/aromatic N) is 1. The summed E-state index contributed by atoms with van der Waals surface area (Å²) in [6.07, 6.45) is 2.59. The Bertz CT molecular complexity index is 982. The van der Waals surface area contributed by atoms with Crippen LogP contribution in [-0.2, 0) is 6.42 Å². The summed E-state index contributed by atoms with van der Waals surface area (Å²) in [4.78, 5) is 16.3. The fourth-order valence-electron chi connectivity index (χ4n) is 2.42. The quantitative estimate of drug-likeness (QED) is 0.535. The van der Waals surface area contributed by atoms with E-state index < -0.39 is 0 Å². The van der Waals surface area contributed by atoms with Crippen molar-refractivity contribution >= 4 is 27.5 Å². The molecule has 1 aromatic heterocycles. The number of carbonyl (C=O) groups is 1. The average Bonchev–Trinajstić information content (AvgIpc) is 3.13. The van der Waals surface area contributed by atoms with Gasteiger partial charge < -0.3 is 10.1 Å². The molecule has 0 saturated heterocycles. The fourth-order valence-corrected chi connectivity index (χ4v) is 3.14. The lowest BCUT2D eigenvalue weighted by atomic mass is 10.1. The van der Waals surface area contributed by atoms with Gasteiger partial charge in [0.1, 0.15) is 12.4 Å². The van der Waals surface area contributed by atoms with Crippen LogP contribution < -0.4 is 10.1 Å². The van der Waals surface area contributed by atoms with Crippen LogP contribution in [-0.4, -0.2) is 24.0 Å². The van der Waals surface area contributed by atoms with Crippen LogP contribution >= 0.6 is 11.3 Å². The molecular formula is C21H18N2O2S. The minimum absolute atomic E-state index is 0.146. The van der Waals surface area contributed by atoms with Crippen molar-refractivity contribution in [2.45, 2.75) is 6.42 Å². The van der Waals surface area contributed by atoms with E-state index in [0.717, 1.165) is 28.0 Å². The Morgan fingerprint density at radius 2 is 2.15 bits per heavy atom. The van der Waals surface area contributed by atoms with Crippen LogP contribution in [0.3, 0.4) is 0 Å². The molecule has 0 aliphatic rings. The number of ether oxygens (including phenoxy) is 1. The third kappa shape index (κ3) is 4.50. The standard InChI is InChI=1S/C21H18N2O2S/c1-2-7-16-8-3-4-9-19(16)25-13-6-5-12-22-21(24)17-10-11-18-20(14-17)26-15-23-18/h2-4,8-11,14-15H,1,7,12-13H2,(H,22,24). The molecule has 3 aromatic rings. The highest BCUT2D eigenvalue weighted by Crippen LogP contribution is 2.19. The van der Waals surface area contributed by atoms with Gasteiger partial charge in [0.05, 0.1) is 22.3 Å². The molecule has 4 nitrogen and oxygen atoms in total. The Balaban J connectivity index is 1.48. The normalized spacial score (nSPS) is 10.0. The highest BCUT2D eigenvalue weighted by atomic mass is 32.1. The molecule has 3 rings (SSSR count). The Morgan fingerprint density at radius 1 is 1.27 bits per heavy atom. The summed E-state index contributed by atoms with van der Waals surface area (Å²) in [5, 5.41) is 2.79. The topological polar surface area (TPSA) is 51.2 Å². The van der Waals surface area contributed by atoms with E-state index in [0.29, 0.717) is 5.56 Å². The summed E-state index contributed by atoms with van der Waals surface area (Å²) < 4.78 is 6.68. The van der Waals surface area contributed by atoms with Gasteiger partial charge in [0, 0.05) is 5.56 Å². The van der Waals surface area contributed by atoms with Crippen molar-refractivity contribution in [3.8, 4) is 17.6 Å². The SMILES string of the molecule is C=CCc1ccccc1OCC#CCNC(=O)c1ccc2ncsc2c1. The molecule has 2 aromatic carbocycles. The first kappa shape index (κ1) is 17.7. The van der Waals surface area contributed by atoms with E-state index in [1.807, 2.05) is 42.5 Å². The molecule has 1 heterocycles. The van der Waals surface area contributed by atoms with E-state index in [2.05, 4.69) is 28.7 Å². The molecule has 0 saturated carbocycles. The number of thiazole rings is 1. The number of para-hydroxylation sites is 1. The minimum Gasteiger partial charge on any atom is -0.481 e. The first-order valence-corrected chi connectivity index (χ1v) is 9.04. The van der Waals surface area contributed by atoms with Crippen LogP contribution in [0.15, 0.2) is 60.6 Å². The summed E-state index contributed by atoms with van der Waals surface area (Å²) in [6, 6.07) is 13.3. The zero-order chi connectivity index (χ0) is 18.2. The largest absolute Gasteiger partial charge is 0.481 e. The van der Waals surface area contributed by atoms with Gasteiger partial charge in [0.2, 0.25) is 0 Å². The van der Waals surface area contributed by atoms with Gasteiger partial charge in [0.25, 0.3) is 5.91 Å². The number of hydrogen-bond donors (Lipinski definition) is 1. The number of carbonyl (C=O) groups excluding carboxylic acids is 1. The molecule has 0 radical (unpaired) electrons. The number of allylic oxidation sites excluding steroid dienone is 1. The molecule has 0 unspecified atom stereocenters. The number of rotatable bonds is 6. The Morgan fingerprint density at radius 3 is 3.04 bits per heavy atom. The molecule has 26 heavy (non-hydrogen) atoms. The van der Waals surface area contributed by atoms with Crippen molar-refractivity contribution in [3.05, 3.63) is 71.8 Å². The molecule has 1 amide bonds. The molecule has 0 aliphatic carbocycles. The number of aromatic nitrogens is 1. The summed E-state index contributed by atoms with van der Waals surface area (Å²) in [5.74, 6) is 6.48. The van der Waals surface area contributed by atoms with E-state index in [-0.39, 0.29) is 19.1 Å². The maximum atomic E-state index is 12.1. The van der Waals surface area contributed by atoms with Crippen LogP contribution in [0.25, 0.3) is 10.2 Å². The Hall–Kier alpha value is -3.10. The molecule has 0 bridgehead atoms. The molecule has 130 valence electrons. The van der Waals surface area contributed by atoms with Gasteiger partial charge in [-0.2, -0.15) is 0 Å². The molecular weight excluding hydrogens is 344 g/mol. The van der Waals surface area contributed by atoms with Crippen molar-refractivity contribution in [1.82, 2.24) is 10.3 Å². The van der Waals surface area contributed by atoms with Crippen molar-refractivity contribution in [3.63, 3.8) is 0 Å². The molecule has 5 heteroatoms. The maximum absolute atomic E-state index is 12.1. The van der Waals surface area contributed by atoms with Gasteiger partial charge in [0.15, 0.2) is 0 Å². The number of benzene rings is 2. The van der Waals surface area contributed by atoms with Gasteiger partial charge in [-0.05, 0) is 36.2 Å². The van der Waals surface area contributed by atoms with Crippen LogP contribution in [0.1, 0.15) is 15.9 Å². The fraction of sp³-hybridized carbons (Fsp3) is 0.143. The second kappa shape index (κ2) is 8.84. The minimum atomic E-state index is -0.146. The second-order valence-corrected chi connectivity index (χ2v) is 6.35. The number of hydrogen-bond acceptors (Lipinski definition) is 4. The van der Waals surface area contributed by atoms with Crippen LogP contribution in [0, 0.1) is 11.8 Å². The Labute approximate surface area is 156 Å². The zero-order valence-electron chi connectivity index (χ0n) is 14.2. The number of amides is 1. The molecule has 1 N–H and O–H groups in total. The van der Waals surface area contributed by atoms with Crippen molar-refractivity contribution in [2.75, 3.05) is 13.2 Å². The molecule has 0 fully saturated rings. The van der Waals surface area contributed by atoms with Crippen molar-refractivity contribution in [2.24, 2.45) is 0 Å². The van der Waals surface area contributed by atoms with Crippen LogP contribution in [0.5, 0.6) is 5.75 Å². The summed E-state index contributed by atoms with van der Waals surface area (Å²) in [5.41, 5.74) is 4.36. The smallest absolute Gasteiger partial charge is 0.252 e. The van der Waals surface area contributed by atoms with Gasteiger partial charge in [-0.3, -0.25) is 4.79 Å². The average molecular weight is 362 g/mol. The first-order chi connectivity index (χ1) is 12.8. The van der Waals surface area contributed by atoms with Gasteiger partial charge in [-0.15, -0.1) is 17.9 Å². The van der Waals surface area contributed by atoms with Crippen molar-refractivity contribution in [1.29, 1.82) is 0 Å². The Kier molecular flexibility index (Phi) is 6.02. The zero-order valence-corrected chi connectivity index (χ0v) is 15.0. The second-order valence-electron chi connectivity index (χ2n) is 5.46. The highest BCUT2D eigenvalue weighted by Gasteiger charge is 2.06. The molecule has 0 aliphatic heterocycles. The van der Waals surface area contributed by atoms with E-state index >= 15 is 0 Å². The maximum Gasteiger partial charge on any atom is 0.252 e. The monoisotopic (exact) mass is 362 g/mol. The third-order valence-electron chi connectivity index (χ3n) is 3.69. The van der Waals surface area contributed by atoms with E-state index in [1.54, 1.807) is 11.6 Å². The predicted octanol–water partition coefficient (Wildman–Crippen LogP) is 3.84. The first-order valence-electron chi connectivity index (χ1n) is 8.16. The van der Waals surface area contributed by atoms with Crippen LogP contribution in [0.4, 0.5) is 0 Å². The van der Waals surface area contributed by atoms with E-state index in [1.165, 1.54) is 11.3 Å². The summed E-state index contributed by atoms with van der Waals surface area (Å²) >= 11 is 1.51. The summed E-state index contributed by atoms with van der Waals surface area (Å²) in [6.45, 7) is 4.30. The molecule has 0 atom stereocenters. The van der Waals surface area contributed by atoms with Gasteiger partial charge in [-0.1, -0.05) is 36.1 Å². The lowest BCUT2D eigenvalue weighted by Gasteiger charge is -2.07. The highest BCUT2D eigenvalue weighted by molar-refractivity contribution is 7.16. The third-order valence-corrected chi connectivity index (χ3v) is 4.48. The lowest BCUT2D eigenvalue weighted by Crippen LogP contribution is -2.23.